The summed E-state index contributed by atoms with van der Waals surface area (Å²) in [7, 11) is 2.77. The lowest BCUT2D eigenvalue weighted by atomic mass is 9.93. The summed E-state index contributed by atoms with van der Waals surface area (Å²) in [4.78, 5) is 44.8. The number of carboxylic acids is 1. The molecule has 50 heavy (non-hydrogen) atoms. The Morgan fingerprint density at radius 3 is 2.28 bits per heavy atom. The lowest BCUT2D eigenvalue weighted by molar-refractivity contribution is -0.155. The monoisotopic (exact) mass is 711 g/mol. The maximum Gasteiger partial charge on any atom is 0.417 e. The van der Waals surface area contributed by atoms with Gasteiger partial charge >= 0.3 is 18.3 Å². The van der Waals surface area contributed by atoms with Gasteiger partial charge in [0, 0.05) is 61.6 Å². The molecule has 0 aliphatic carbocycles. The number of carbonyl (C=O) groups excluding carboxylic acids is 1. The van der Waals surface area contributed by atoms with E-state index in [1.54, 1.807) is 0 Å². The zero-order chi connectivity index (χ0) is 36.9. The van der Waals surface area contributed by atoms with E-state index in [2.05, 4.69) is 4.98 Å². The number of likely N-dealkylation sites (N-methyl/N-ethyl adjacent to an activating group) is 1. The van der Waals surface area contributed by atoms with Crippen LogP contribution in [0.25, 0.3) is 22.0 Å². The molecule has 0 saturated carbocycles. The smallest absolute Gasteiger partial charge is 0.417 e. The molecule has 0 radical (unpaired) electrons. The van der Waals surface area contributed by atoms with Crippen molar-refractivity contribution in [2.24, 2.45) is 7.05 Å². The summed E-state index contributed by atoms with van der Waals surface area (Å²) in [6, 6.07) is 3.28. The lowest BCUT2D eigenvalue weighted by Gasteiger charge is -2.42. The zero-order valence-corrected chi connectivity index (χ0v) is 26.6. The van der Waals surface area contributed by atoms with E-state index in [1.165, 1.54) is 50.3 Å². The van der Waals surface area contributed by atoms with E-state index < -0.39 is 88.8 Å². The fourth-order valence-corrected chi connectivity index (χ4v) is 6.02. The highest BCUT2D eigenvalue weighted by atomic mass is 19.4. The van der Waals surface area contributed by atoms with Crippen LogP contribution in [0.5, 0.6) is 0 Å². The van der Waals surface area contributed by atoms with Crippen LogP contribution in [0.3, 0.4) is 0 Å². The minimum Gasteiger partial charge on any atom is -0.480 e. The first-order valence-electron chi connectivity index (χ1n) is 15.0. The second kappa shape index (κ2) is 13.3. The van der Waals surface area contributed by atoms with E-state index >= 15 is 8.78 Å². The highest BCUT2D eigenvalue weighted by Gasteiger charge is 2.46. The number of pyridine rings is 2. The lowest BCUT2D eigenvalue weighted by Crippen LogP contribution is -2.58. The van der Waals surface area contributed by atoms with Crippen LogP contribution in [0.4, 0.5) is 40.8 Å². The number of fused-ring (bicyclic) bond motifs is 1. The molecule has 266 valence electrons. The number of hydrogen-bond acceptors (Lipinski definition) is 6. The van der Waals surface area contributed by atoms with Gasteiger partial charge in [0.25, 0.3) is 11.5 Å². The molecule has 5 rings (SSSR count). The van der Waals surface area contributed by atoms with Crippen molar-refractivity contribution in [1.82, 2.24) is 19.8 Å². The van der Waals surface area contributed by atoms with E-state index in [9.17, 15) is 45.8 Å². The predicted octanol–water partition coefficient (Wildman–Crippen LogP) is 5.31. The molecule has 1 saturated heterocycles. The van der Waals surface area contributed by atoms with Crippen LogP contribution in [0.15, 0.2) is 53.5 Å². The van der Waals surface area contributed by atoms with Gasteiger partial charge in [-0.25, -0.2) is 13.6 Å². The van der Waals surface area contributed by atoms with Crippen LogP contribution >= 0.6 is 0 Å². The maximum atomic E-state index is 15.2. The van der Waals surface area contributed by atoms with Crippen molar-refractivity contribution in [2.75, 3.05) is 31.6 Å². The van der Waals surface area contributed by atoms with Crippen LogP contribution in [-0.4, -0.2) is 76.4 Å². The molecule has 2 aromatic heterocycles. The van der Waals surface area contributed by atoms with Crippen LogP contribution in [0.2, 0.25) is 0 Å². The molecule has 9 nitrogen and oxygen atoms in total. The Morgan fingerprint density at radius 1 is 1.02 bits per heavy atom. The van der Waals surface area contributed by atoms with E-state index in [1.807, 2.05) is 5.32 Å². The van der Waals surface area contributed by atoms with Crippen molar-refractivity contribution in [3.63, 3.8) is 0 Å². The highest BCUT2D eigenvalue weighted by molar-refractivity contribution is 5.99. The summed E-state index contributed by atoms with van der Waals surface area (Å²) >= 11 is 0. The maximum absolute atomic E-state index is 15.2. The van der Waals surface area contributed by atoms with E-state index in [0.29, 0.717) is 12.1 Å². The molecular formula is C33H29F8N5O4. The number of aryl methyl sites for hydroxylation is 1. The molecule has 17 heteroatoms. The number of piperazine rings is 1. The number of aliphatic carboxylic acids is 1. The van der Waals surface area contributed by atoms with Gasteiger partial charge in [-0.15, -0.1) is 0 Å². The number of anilines is 1. The number of aromatic nitrogens is 2. The van der Waals surface area contributed by atoms with Gasteiger partial charge in [-0.3, -0.25) is 14.6 Å². The first-order chi connectivity index (χ1) is 23.3. The molecule has 2 N–H and O–H groups in total. The number of nitrogens with zero attached hydrogens (tertiary/aromatic N) is 4. The highest BCUT2D eigenvalue weighted by Crippen LogP contribution is 2.39. The Bertz CT molecular complexity index is 2020. The van der Waals surface area contributed by atoms with Gasteiger partial charge in [0.2, 0.25) is 0 Å². The Morgan fingerprint density at radius 2 is 1.68 bits per heavy atom. The molecule has 0 unspecified atom stereocenters. The van der Waals surface area contributed by atoms with Gasteiger partial charge in [-0.05, 0) is 43.8 Å². The van der Waals surface area contributed by atoms with Gasteiger partial charge in [0.05, 0.1) is 16.6 Å². The minimum absolute atomic E-state index is 0.0485. The number of carbonyl (C=O) groups is 2. The Hall–Kier alpha value is -5.06. The van der Waals surface area contributed by atoms with Gasteiger partial charge in [0.1, 0.15) is 29.3 Å². The molecule has 4 aromatic rings. The standard InChI is InChI=1S/C33H29F8N5O4/c1-16-11-21(32(36,37)38)26(30(48)45(16)3)20-7-6-17(19-5-4-8-42-28(19)20)12-24(31(49)50)43-29(47)27-22(34)13-18(14-23(27)35)46-10-9-44(2)15-25(46)33(39,40)41/h4-8,11,13-14,24-25H,9-10,12,15H2,1-3H3,(H,43,47)(H,49,50)/t24-,25+/m0/s1. The summed E-state index contributed by atoms with van der Waals surface area (Å²) in [6.07, 6.45) is -8.94. The molecule has 3 heterocycles. The molecule has 2 aromatic carbocycles. The number of halogens is 8. The number of carboxylic acid groups (broad SMARTS) is 1. The number of benzene rings is 2. The third-order valence-electron chi connectivity index (χ3n) is 8.68. The molecule has 2 atom stereocenters. The van der Waals surface area contributed by atoms with E-state index in [-0.39, 0.29) is 40.8 Å². The van der Waals surface area contributed by atoms with Gasteiger partial charge in [0.15, 0.2) is 0 Å². The van der Waals surface area contributed by atoms with Crippen molar-refractivity contribution < 1.29 is 49.8 Å². The molecule has 1 aliphatic heterocycles. The largest absolute Gasteiger partial charge is 0.480 e. The van der Waals surface area contributed by atoms with E-state index in [4.69, 9.17) is 0 Å². The van der Waals surface area contributed by atoms with Crippen molar-refractivity contribution in [3.8, 4) is 11.1 Å². The minimum atomic E-state index is -4.92. The first kappa shape index (κ1) is 36.2. The third-order valence-corrected chi connectivity index (χ3v) is 8.68. The number of hydrogen-bond donors (Lipinski definition) is 2. The summed E-state index contributed by atoms with van der Waals surface area (Å²) in [5.74, 6) is -6.21. The second-order valence-electron chi connectivity index (χ2n) is 12.0. The van der Waals surface area contributed by atoms with Crippen molar-refractivity contribution in [2.45, 2.75) is 37.8 Å². The molecule has 1 fully saturated rings. The van der Waals surface area contributed by atoms with E-state index in [0.717, 1.165) is 21.6 Å². The normalized spacial score (nSPS) is 16.5. The molecule has 1 amide bonds. The van der Waals surface area contributed by atoms with Crippen molar-refractivity contribution >= 4 is 28.5 Å². The van der Waals surface area contributed by atoms with Crippen molar-refractivity contribution in [1.29, 1.82) is 0 Å². The topological polar surface area (TPSA) is 108 Å². The molecule has 0 spiro atoms. The summed E-state index contributed by atoms with van der Waals surface area (Å²) in [5, 5.41) is 12.1. The van der Waals surface area contributed by atoms with Crippen LogP contribution in [0.1, 0.15) is 27.2 Å². The van der Waals surface area contributed by atoms with Gasteiger partial charge in [-0.2, -0.15) is 26.3 Å². The summed E-state index contributed by atoms with van der Waals surface area (Å²) in [6.45, 7) is 0.813. The SMILES string of the molecule is Cc1cc(C(F)(F)F)c(-c2ccc(C[C@H](NC(=O)c3c(F)cc(N4CCN(C)C[C@@H]4C(F)(F)F)cc3F)C(=O)O)c3cccnc23)c(=O)n1C. The van der Waals surface area contributed by atoms with Gasteiger partial charge in [-0.1, -0.05) is 18.2 Å². The molecular weight excluding hydrogens is 682 g/mol. The summed E-state index contributed by atoms with van der Waals surface area (Å²) in [5.41, 5.74) is -4.61. The average Bonchev–Trinajstić information content (AvgIpc) is 3.02. The summed E-state index contributed by atoms with van der Waals surface area (Å²) < 4.78 is 115. The second-order valence-corrected chi connectivity index (χ2v) is 12.0. The van der Waals surface area contributed by atoms with Gasteiger partial charge < -0.3 is 24.8 Å². The third kappa shape index (κ3) is 6.99. The molecule has 0 bridgehead atoms. The fraction of sp³-hybridized carbons (Fsp3) is 0.333. The number of alkyl halides is 6. The Labute approximate surface area is 278 Å². The predicted molar refractivity (Wildman–Crippen MR) is 166 cm³/mol. The quantitative estimate of drug-likeness (QED) is 0.250. The zero-order valence-electron chi connectivity index (χ0n) is 26.6. The van der Waals surface area contributed by atoms with Crippen LogP contribution in [0, 0.1) is 18.6 Å². The van der Waals surface area contributed by atoms with Crippen LogP contribution < -0.4 is 15.8 Å². The molecule has 1 aliphatic rings. The average molecular weight is 712 g/mol. The Kier molecular flexibility index (Phi) is 9.66. The first-order valence-corrected chi connectivity index (χ1v) is 15.0. The van der Waals surface area contributed by atoms with Crippen LogP contribution in [-0.2, 0) is 24.4 Å². The fourth-order valence-electron chi connectivity index (χ4n) is 6.02. The number of amides is 1. The Balaban J connectivity index is 1.48. The van der Waals surface area contributed by atoms with Crippen molar-refractivity contribution in [3.05, 3.63) is 93.0 Å². The number of rotatable bonds is 7. The number of nitrogens with one attached hydrogen (secondary N) is 1.